The van der Waals surface area contributed by atoms with E-state index in [1.165, 1.54) is 0 Å². The lowest BCUT2D eigenvalue weighted by molar-refractivity contribution is 0.269. The first kappa shape index (κ1) is 18.0. The van der Waals surface area contributed by atoms with Gasteiger partial charge >= 0.3 is 0 Å². The summed E-state index contributed by atoms with van der Waals surface area (Å²) >= 11 is 6.18. The summed E-state index contributed by atoms with van der Waals surface area (Å²) in [5, 5.41) is 15.1. The molecule has 0 atom stereocenters. The molecule has 0 radical (unpaired) electrons. The Morgan fingerprint density at radius 2 is 1.96 bits per heavy atom. The number of benzene rings is 2. The third-order valence-electron chi connectivity index (χ3n) is 3.72. The molecule has 0 spiro atoms. The lowest BCUT2D eigenvalue weighted by atomic mass is 10.2. The summed E-state index contributed by atoms with van der Waals surface area (Å²) < 4.78 is 13.2. The zero-order valence-corrected chi connectivity index (χ0v) is 15.4. The Morgan fingerprint density at radius 3 is 2.69 bits per heavy atom. The van der Waals surface area contributed by atoms with Crippen LogP contribution in [0.4, 0.5) is 5.95 Å². The average Bonchev–Trinajstić information content (AvgIpc) is 3.05. The van der Waals surface area contributed by atoms with Crippen molar-refractivity contribution in [3.63, 3.8) is 0 Å². The van der Waals surface area contributed by atoms with Crippen LogP contribution in [0.25, 0.3) is 0 Å². The molecule has 0 fully saturated rings. The van der Waals surface area contributed by atoms with E-state index in [0.717, 1.165) is 11.1 Å². The molecule has 3 aromatic rings. The van der Waals surface area contributed by atoms with Crippen LogP contribution in [0, 0.1) is 0 Å². The molecule has 0 aliphatic heterocycles. The Labute approximate surface area is 156 Å². The molecule has 0 saturated carbocycles. The number of rotatable bonds is 8. The molecular formula is C18H20ClN5O2. The molecule has 1 aromatic heterocycles. The Balaban J connectivity index is 1.69. The summed E-state index contributed by atoms with van der Waals surface area (Å²) in [4.78, 5) is 0. The molecule has 0 aliphatic carbocycles. The molecule has 0 bridgehead atoms. The lowest BCUT2D eigenvalue weighted by Crippen LogP contribution is -2.06. The van der Waals surface area contributed by atoms with Gasteiger partial charge in [0.25, 0.3) is 0 Å². The molecule has 136 valence electrons. The van der Waals surface area contributed by atoms with Crippen LogP contribution in [0.2, 0.25) is 5.02 Å². The van der Waals surface area contributed by atoms with Crippen LogP contribution in [0.1, 0.15) is 18.1 Å². The topological polar surface area (TPSA) is 74.1 Å². The first-order valence-electron chi connectivity index (χ1n) is 8.25. The van der Waals surface area contributed by atoms with Crippen molar-refractivity contribution in [1.29, 1.82) is 0 Å². The second-order valence-corrected chi connectivity index (χ2v) is 5.98. The van der Waals surface area contributed by atoms with E-state index in [1.807, 2.05) is 49.4 Å². The normalized spacial score (nSPS) is 10.6. The van der Waals surface area contributed by atoms with Crippen molar-refractivity contribution in [3.05, 3.63) is 58.6 Å². The summed E-state index contributed by atoms with van der Waals surface area (Å²) in [5.74, 6) is 1.97. The van der Waals surface area contributed by atoms with Gasteiger partial charge in [-0.1, -0.05) is 41.0 Å². The van der Waals surface area contributed by atoms with E-state index in [0.29, 0.717) is 42.2 Å². The van der Waals surface area contributed by atoms with E-state index < -0.39 is 0 Å². The number of nitrogens with zero attached hydrogens (tertiary/aromatic N) is 4. The van der Waals surface area contributed by atoms with Crippen molar-refractivity contribution in [1.82, 2.24) is 20.2 Å². The fourth-order valence-electron chi connectivity index (χ4n) is 2.38. The van der Waals surface area contributed by atoms with Crippen molar-refractivity contribution >= 4 is 17.5 Å². The fraction of sp³-hybridized carbons (Fsp3) is 0.278. The van der Waals surface area contributed by atoms with Crippen LogP contribution in [0.5, 0.6) is 11.5 Å². The van der Waals surface area contributed by atoms with Gasteiger partial charge in [-0.3, -0.25) is 0 Å². The Kier molecular flexibility index (Phi) is 5.91. The first-order chi connectivity index (χ1) is 12.7. The van der Waals surface area contributed by atoms with Crippen LogP contribution in [-0.2, 0) is 20.2 Å². The van der Waals surface area contributed by atoms with Crippen molar-refractivity contribution < 1.29 is 9.47 Å². The summed E-state index contributed by atoms with van der Waals surface area (Å²) in [7, 11) is 1.78. The Hall–Kier alpha value is -2.80. The number of hydrogen-bond donors (Lipinski definition) is 1. The van der Waals surface area contributed by atoms with Crippen LogP contribution in [0.15, 0.2) is 42.5 Å². The van der Waals surface area contributed by atoms with Crippen molar-refractivity contribution in [2.75, 3.05) is 11.9 Å². The van der Waals surface area contributed by atoms with Gasteiger partial charge in [-0.2, -0.15) is 0 Å². The minimum absolute atomic E-state index is 0.377. The quantitative estimate of drug-likeness (QED) is 0.651. The van der Waals surface area contributed by atoms with Crippen LogP contribution in [0.3, 0.4) is 0 Å². The molecule has 1 heterocycles. The standard InChI is InChI=1S/C18H20ClN5O2/c1-3-25-17-10-13(11-20-18-21-22-23-24(18)2)8-9-16(17)26-12-14-6-4-5-7-15(14)19/h4-10H,3,11-12H2,1-2H3,(H,20,21,23). The van der Waals surface area contributed by atoms with E-state index in [-0.39, 0.29) is 0 Å². The van der Waals surface area contributed by atoms with Crippen LogP contribution in [-0.4, -0.2) is 26.8 Å². The smallest absolute Gasteiger partial charge is 0.242 e. The third kappa shape index (κ3) is 4.43. The number of tetrazole rings is 1. The number of nitrogens with one attached hydrogen (secondary N) is 1. The molecule has 7 nitrogen and oxygen atoms in total. The van der Waals surface area contributed by atoms with Crippen LogP contribution >= 0.6 is 11.6 Å². The highest BCUT2D eigenvalue weighted by molar-refractivity contribution is 6.31. The molecule has 0 amide bonds. The van der Waals surface area contributed by atoms with Gasteiger partial charge in [-0.05, 0) is 41.1 Å². The first-order valence-corrected chi connectivity index (χ1v) is 8.63. The number of aromatic nitrogens is 4. The van der Waals surface area contributed by atoms with Crippen molar-refractivity contribution in [3.8, 4) is 11.5 Å². The minimum Gasteiger partial charge on any atom is -0.490 e. The zero-order chi connectivity index (χ0) is 18.4. The molecule has 8 heteroatoms. The van der Waals surface area contributed by atoms with Gasteiger partial charge in [0.2, 0.25) is 5.95 Å². The van der Waals surface area contributed by atoms with Gasteiger partial charge in [0.1, 0.15) is 6.61 Å². The molecule has 0 aliphatic rings. The summed E-state index contributed by atoms with van der Waals surface area (Å²) in [6.07, 6.45) is 0. The van der Waals surface area contributed by atoms with Gasteiger partial charge < -0.3 is 14.8 Å². The number of hydrogen-bond acceptors (Lipinski definition) is 6. The highest BCUT2D eigenvalue weighted by Crippen LogP contribution is 2.30. The van der Waals surface area contributed by atoms with E-state index in [2.05, 4.69) is 20.8 Å². The zero-order valence-electron chi connectivity index (χ0n) is 14.6. The second kappa shape index (κ2) is 8.53. The fourth-order valence-corrected chi connectivity index (χ4v) is 2.57. The molecule has 3 rings (SSSR count). The summed E-state index contributed by atoms with van der Waals surface area (Å²) in [6, 6.07) is 13.4. The van der Waals surface area contributed by atoms with Crippen LogP contribution < -0.4 is 14.8 Å². The molecular weight excluding hydrogens is 354 g/mol. The number of ether oxygens (including phenoxy) is 2. The predicted molar refractivity (Wildman–Crippen MR) is 99.5 cm³/mol. The molecule has 26 heavy (non-hydrogen) atoms. The second-order valence-electron chi connectivity index (χ2n) is 5.57. The molecule has 0 unspecified atom stereocenters. The molecule has 0 saturated heterocycles. The monoisotopic (exact) mass is 373 g/mol. The van der Waals surface area contributed by atoms with E-state index >= 15 is 0 Å². The van der Waals surface area contributed by atoms with Crippen molar-refractivity contribution in [2.45, 2.75) is 20.1 Å². The highest BCUT2D eigenvalue weighted by Gasteiger charge is 2.09. The predicted octanol–water partition coefficient (Wildman–Crippen LogP) is 3.45. The number of halogens is 1. The van der Waals surface area contributed by atoms with Gasteiger partial charge in [0, 0.05) is 24.2 Å². The number of anilines is 1. The third-order valence-corrected chi connectivity index (χ3v) is 4.09. The maximum absolute atomic E-state index is 6.18. The summed E-state index contributed by atoms with van der Waals surface area (Å²) in [6.45, 7) is 3.43. The Bertz CT molecular complexity index is 868. The maximum Gasteiger partial charge on any atom is 0.242 e. The highest BCUT2D eigenvalue weighted by atomic mass is 35.5. The van der Waals surface area contributed by atoms with Gasteiger partial charge in [0.05, 0.1) is 6.61 Å². The number of aryl methyl sites for hydroxylation is 1. The Morgan fingerprint density at radius 1 is 1.12 bits per heavy atom. The average molecular weight is 374 g/mol. The lowest BCUT2D eigenvalue weighted by Gasteiger charge is -2.14. The van der Waals surface area contributed by atoms with Gasteiger partial charge in [-0.25, -0.2) is 4.68 Å². The molecule has 2 aromatic carbocycles. The van der Waals surface area contributed by atoms with E-state index in [1.54, 1.807) is 11.7 Å². The SMILES string of the molecule is CCOc1cc(CNc2nnnn2C)ccc1OCc1ccccc1Cl. The summed E-state index contributed by atoms with van der Waals surface area (Å²) in [5.41, 5.74) is 1.96. The van der Waals surface area contributed by atoms with E-state index in [4.69, 9.17) is 21.1 Å². The largest absolute Gasteiger partial charge is 0.490 e. The van der Waals surface area contributed by atoms with Gasteiger partial charge in [0.15, 0.2) is 11.5 Å². The molecule has 1 N–H and O–H groups in total. The van der Waals surface area contributed by atoms with Gasteiger partial charge in [-0.15, -0.1) is 0 Å². The minimum atomic E-state index is 0.377. The van der Waals surface area contributed by atoms with Crippen molar-refractivity contribution in [2.24, 2.45) is 7.05 Å². The van der Waals surface area contributed by atoms with E-state index in [9.17, 15) is 0 Å². The maximum atomic E-state index is 6.18.